The molecule has 1 fully saturated rings. The maximum absolute atomic E-state index is 14.3. The zero-order valence-corrected chi connectivity index (χ0v) is 24.3. The Labute approximate surface area is 260 Å². The number of nitriles is 1. The first-order valence-corrected chi connectivity index (χ1v) is 14.5. The number of nitrogens with zero attached hydrogens (tertiary/aromatic N) is 5. The zero-order chi connectivity index (χ0) is 32.7. The van der Waals surface area contributed by atoms with E-state index in [4.69, 9.17) is 0 Å². The largest absolute Gasteiger partial charge is 0.416 e. The van der Waals surface area contributed by atoms with Crippen molar-refractivity contribution in [3.8, 4) is 11.8 Å². The second-order valence-electron chi connectivity index (χ2n) is 10.9. The molecule has 6 rings (SSSR count). The highest BCUT2D eigenvalue weighted by Gasteiger charge is 2.48. The number of aromatic nitrogens is 2. The molecule has 0 unspecified atom stereocenters. The van der Waals surface area contributed by atoms with Crippen LogP contribution in [-0.4, -0.2) is 57.6 Å². The van der Waals surface area contributed by atoms with E-state index in [0.29, 0.717) is 30.3 Å². The van der Waals surface area contributed by atoms with Crippen molar-refractivity contribution in [1.82, 2.24) is 20.0 Å². The fourth-order valence-corrected chi connectivity index (χ4v) is 5.90. The molecule has 0 bridgehead atoms. The Morgan fingerprint density at radius 2 is 1.76 bits per heavy atom. The Morgan fingerprint density at radius 3 is 2.37 bits per heavy atom. The number of benzene rings is 3. The summed E-state index contributed by atoms with van der Waals surface area (Å²) < 4.78 is 56.0. The van der Waals surface area contributed by atoms with Gasteiger partial charge in [-0.15, -0.1) is 0 Å². The van der Waals surface area contributed by atoms with Crippen molar-refractivity contribution < 1.29 is 31.9 Å². The van der Waals surface area contributed by atoms with E-state index in [2.05, 4.69) is 16.5 Å². The first kappa shape index (κ1) is 30.5. The predicted octanol–water partition coefficient (Wildman–Crippen LogP) is 5.07. The van der Waals surface area contributed by atoms with Gasteiger partial charge < -0.3 is 10.2 Å². The monoisotopic (exact) mass is 630 g/mol. The van der Waals surface area contributed by atoms with Gasteiger partial charge in [-0.1, -0.05) is 36.4 Å². The van der Waals surface area contributed by atoms with Gasteiger partial charge in [-0.3, -0.25) is 19.3 Å². The lowest BCUT2D eigenvalue weighted by molar-refractivity contribution is -0.137. The molecule has 0 saturated carbocycles. The van der Waals surface area contributed by atoms with Crippen LogP contribution in [0.25, 0.3) is 5.69 Å². The highest BCUT2D eigenvalue weighted by Crippen LogP contribution is 2.44. The Bertz CT molecular complexity index is 1870. The number of likely N-dealkylation sites (tertiary alicyclic amines) is 1. The molecule has 234 valence electrons. The first-order chi connectivity index (χ1) is 22.0. The van der Waals surface area contributed by atoms with Crippen LogP contribution in [0.1, 0.15) is 56.8 Å². The molecule has 4 aromatic rings. The van der Waals surface area contributed by atoms with Crippen molar-refractivity contribution in [3.05, 3.63) is 113 Å². The van der Waals surface area contributed by atoms with Crippen LogP contribution in [0.4, 0.5) is 23.4 Å². The summed E-state index contributed by atoms with van der Waals surface area (Å²) >= 11 is 0. The number of alkyl halides is 3. The van der Waals surface area contributed by atoms with Crippen LogP contribution in [0.15, 0.2) is 78.9 Å². The molecule has 0 radical (unpaired) electrons. The lowest BCUT2D eigenvalue weighted by Gasteiger charge is -2.39. The third-order valence-corrected chi connectivity index (χ3v) is 8.25. The molecule has 13 heteroatoms. The molecule has 0 spiro atoms. The summed E-state index contributed by atoms with van der Waals surface area (Å²) in [6.07, 6.45) is -4.23. The summed E-state index contributed by atoms with van der Waals surface area (Å²) in [6.45, 7) is 2.07. The molecule has 1 saturated heterocycles. The Balaban J connectivity index is 1.56. The van der Waals surface area contributed by atoms with E-state index in [0.717, 1.165) is 12.1 Å². The van der Waals surface area contributed by atoms with Crippen LogP contribution in [0.2, 0.25) is 0 Å². The molecular formula is C33H26F4N6O3. The summed E-state index contributed by atoms with van der Waals surface area (Å²) in [6, 6.07) is 17.7. The number of anilines is 1. The quantitative estimate of drug-likeness (QED) is 0.300. The van der Waals surface area contributed by atoms with E-state index >= 15 is 0 Å². The van der Waals surface area contributed by atoms with Crippen molar-refractivity contribution in [2.75, 3.05) is 18.0 Å². The van der Waals surface area contributed by atoms with Gasteiger partial charge in [0.25, 0.3) is 17.7 Å². The maximum atomic E-state index is 14.3. The first-order valence-electron chi connectivity index (χ1n) is 14.5. The normalized spacial score (nSPS) is 19.2. The van der Waals surface area contributed by atoms with Gasteiger partial charge in [-0.25, -0.2) is 9.07 Å². The van der Waals surface area contributed by atoms with Crippen molar-refractivity contribution >= 4 is 23.5 Å². The summed E-state index contributed by atoms with van der Waals surface area (Å²) in [4.78, 5) is 44.6. The number of carbonyl (C=O) groups is 3. The van der Waals surface area contributed by atoms with Crippen LogP contribution >= 0.6 is 0 Å². The molecule has 3 atom stereocenters. The van der Waals surface area contributed by atoms with Gasteiger partial charge in [-0.2, -0.15) is 23.5 Å². The van der Waals surface area contributed by atoms with Crippen LogP contribution in [0.5, 0.6) is 0 Å². The number of halogens is 4. The lowest BCUT2D eigenvalue weighted by Crippen LogP contribution is -2.56. The summed E-state index contributed by atoms with van der Waals surface area (Å²) in [5.41, 5.74) is -0.321. The van der Waals surface area contributed by atoms with E-state index in [1.54, 1.807) is 37.3 Å². The van der Waals surface area contributed by atoms with Crippen molar-refractivity contribution in [2.24, 2.45) is 0 Å². The predicted molar refractivity (Wildman–Crippen MR) is 158 cm³/mol. The molecule has 3 heterocycles. The molecule has 9 nitrogen and oxygen atoms in total. The zero-order valence-electron chi connectivity index (χ0n) is 24.3. The van der Waals surface area contributed by atoms with Crippen LogP contribution < -0.4 is 10.2 Å². The van der Waals surface area contributed by atoms with E-state index in [1.165, 1.54) is 44.8 Å². The number of hydrogen-bond donors (Lipinski definition) is 1. The average Bonchev–Trinajstić information content (AvgIpc) is 3.42. The van der Waals surface area contributed by atoms with Crippen molar-refractivity contribution in [2.45, 2.75) is 37.5 Å². The molecule has 3 amide bonds. The van der Waals surface area contributed by atoms with Crippen LogP contribution in [0, 0.1) is 17.1 Å². The smallest absolute Gasteiger partial charge is 0.339 e. The second-order valence-corrected chi connectivity index (χ2v) is 10.9. The number of fused-ring (bicyclic) bond motifs is 1. The number of amides is 3. The maximum Gasteiger partial charge on any atom is 0.416 e. The highest BCUT2D eigenvalue weighted by atomic mass is 19.4. The van der Waals surface area contributed by atoms with Gasteiger partial charge in [0.1, 0.15) is 23.7 Å². The fourth-order valence-electron chi connectivity index (χ4n) is 5.90. The van der Waals surface area contributed by atoms with Gasteiger partial charge in [0.05, 0.1) is 17.3 Å². The molecular weight excluding hydrogens is 604 g/mol. The fraction of sp³-hybridized carbons (Fsp3) is 0.242. The molecule has 3 aromatic carbocycles. The van der Waals surface area contributed by atoms with Crippen molar-refractivity contribution in [1.29, 1.82) is 5.26 Å². The van der Waals surface area contributed by atoms with Gasteiger partial charge in [0, 0.05) is 30.1 Å². The van der Waals surface area contributed by atoms with Crippen LogP contribution in [0.3, 0.4) is 0 Å². The Morgan fingerprint density at radius 1 is 1.04 bits per heavy atom. The number of nitrogens with one attached hydrogen (secondary N) is 1. The Hall–Kier alpha value is -5.51. The standard InChI is InChI=1S/C33H26F4N6O3/c1-2-41-30-26(28(32(46)42-16-15-24(42)18-38)40-43(30)23-9-4-3-5-10-23)25(19-11-13-22(34)14-12-19)27(31(41)45)39-29(44)20-7-6-8-21(17-20)33(35,36)37/h3-14,17,24-25,27H,2,15-16H2,1H3,(H,39,44)/t24-,25-,27-/m1/s1. The lowest BCUT2D eigenvalue weighted by atomic mass is 9.80. The molecule has 2 aliphatic heterocycles. The third-order valence-electron chi connectivity index (χ3n) is 8.25. The minimum atomic E-state index is -4.71. The van der Waals surface area contributed by atoms with Gasteiger partial charge >= 0.3 is 6.18 Å². The molecule has 1 aromatic heterocycles. The SMILES string of the molecule is CCN1C(=O)[C@H](NC(=O)c2cccc(C(F)(F)F)c2)[C@H](c2ccc(F)cc2)c2c(C(=O)N3CC[C@@H]3C#N)nn(-c3ccccc3)c21. The third kappa shape index (κ3) is 5.25. The highest BCUT2D eigenvalue weighted by molar-refractivity contribution is 6.07. The molecule has 46 heavy (non-hydrogen) atoms. The minimum absolute atomic E-state index is 0.0719. The second kappa shape index (κ2) is 11.8. The molecule has 0 aliphatic carbocycles. The van der Waals surface area contributed by atoms with E-state index < -0.39 is 53.3 Å². The van der Waals surface area contributed by atoms with E-state index in [1.807, 2.05) is 0 Å². The Kier molecular flexibility index (Phi) is 7.81. The average molecular weight is 631 g/mol. The molecule has 1 N–H and O–H groups in total. The minimum Gasteiger partial charge on any atom is -0.339 e. The summed E-state index contributed by atoms with van der Waals surface area (Å²) in [7, 11) is 0. The number of rotatable bonds is 6. The summed E-state index contributed by atoms with van der Waals surface area (Å²) in [5, 5.41) is 16.9. The van der Waals surface area contributed by atoms with E-state index in [-0.39, 0.29) is 29.2 Å². The number of likely N-dealkylation sites (N-methyl/N-ethyl adjacent to an activating group) is 1. The van der Waals surface area contributed by atoms with Crippen molar-refractivity contribution in [3.63, 3.8) is 0 Å². The summed E-state index contributed by atoms with van der Waals surface area (Å²) in [5.74, 6) is -3.57. The number of para-hydroxylation sites is 1. The number of carbonyl (C=O) groups excluding carboxylic acids is 3. The van der Waals surface area contributed by atoms with Crippen LogP contribution in [-0.2, 0) is 11.0 Å². The topological polar surface area (TPSA) is 111 Å². The number of hydrogen-bond acceptors (Lipinski definition) is 5. The molecule has 2 aliphatic rings. The van der Waals surface area contributed by atoms with Gasteiger partial charge in [-0.05, 0) is 61.4 Å². The van der Waals surface area contributed by atoms with E-state index in [9.17, 15) is 37.2 Å². The van der Waals surface area contributed by atoms with Gasteiger partial charge in [0.2, 0.25) is 0 Å². The van der Waals surface area contributed by atoms with Gasteiger partial charge in [0.15, 0.2) is 5.69 Å².